The van der Waals surface area contributed by atoms with Gasteiger partial charge >= 0.3 is 0 Å². The van der Waals surface area contributed by atoms with Gasteiger partial charge in [0.15, 0.2) is 0 Å². The largest absolute Gasteiger partial charge is 0.458 e. The number of rotatable bonds is 3. The summed E-state index contributed by atoms with van der Waals surface area (Å²) in [6, 6.07) is 9.83. The van der Waals surface area contributed by atoms with Crippen molar-refractivity contribution >= 4 is 11.0 Å². The van der Waals surface area contributed by atoms with Gasteiger partial charge in [0.2, 0.25) is 0 Å². The lowest BCUT2D eigenvalue weighted by Gasteiger charge is -2.32. The molecule has 1 aliphatic rings. The van der Waals surface area contributed by atoms with Crippen LogP contribution >= 0.6 is 0 Å². The van der Waals surface area contributed by atoms with Crippen molar-refractivity contribution in [3.05, 3.63) is 36.1 Å². The van der Waals surface area contributed by atoms with Gasteiger partial charge in [0, 0.05) is 17.5 Å². The standard InChI is InChI=1S/C16H21NO2/c1-16(2)8-5-9-17(16)11-13(18)15-10-12-6-3-4-7-14(12)19-15/h3-4,6-7,10,13,18H,5,8-9,11H2,1-2H3. The van der Waals surface area contributed by atoms with Gasteiger partial charge in [-0.3, -0.25) is 4.90 Å². The fourth-order valence-electron chi connectivity index (χ4n) is 2.97. The summed E-state index contributed by atoms with van der Waals surface area (Å²) in [6.45, 7) is 6.19. The predicted molar refractivity (Wildman–Crippen MR) is 76.1 cm³/mol. The first-order valence-electron chi connectivity index (χ1n) is 6.98. The maximum absolute atomic E-state index is 10.4. The number of hydrogen-bond donors (Lipinski definition) is 1. The Bertz CT molecular complexity index is 540. The van der Waals surface area contributed by atoms with E-state index in [-0.39, 0.29) is 5.54 Å². The van der Waals surface area contributed by atoms with Gasteiger partial charge in [0.05, 0.1) is 0 Å². The zero-order valence-corrected chi connectivity index (χ0v) is 11.6. The van der Waals surface area contributed by atoms with E-state index in [2.05, 4.69) is 18.7 Å². The first kappa shape index (κ1) is 12.7. The highest BCUT2D eigenvalue weighted by Gasteiger charge is 2.33. The van der Waals surface area contributed by atoms with Crippen LogP contribution < -0.4 is 0 Å². The highest BCUT2D eigenvalue weighted by Crippen LogP contribution is 2.31. The van der Waals surface area contributed by atoms with Gasteiger partial charge in [0.1, 0.15) is 17.4 Å². The van der Waals surface area contributed by atoms with E-state index in [0.29, 0.717) is 12.3 Å². The molecule has 1 unspecified atom stereocenters. The Labute approximate surface area is 113 Å². The first-order valence-corrected chi connectivity index (χ1v) is 6.98. The maximum Gasteiger partial charge on any atom is 0.135 e. The summed E-state index contributed by atoms with van der Waals surface area (Å²) in [5.41, 5.74) is 1.03. The lowest BCUT2D eigenvalue weighted by molar-refractivity contribution is 0.0657. The van der Waals surface area contributed by atoms with Crippen molar-refractivity contribution in [3.63, 3.8) is 0 Å². The second kappa shape index (κ2) is 4.66. The fraction of sp³-hybridized carbons (Fsp3) is 0.500. The summed E-state index contributed by atoms with van der Waals surface area (Å²) >= 11 is 0. The summed E-state index contributed by atoms with van der Waals surface area (Å²) < 4.78 is 5.73. The quantitative estimate of drug-likeness (QED) is 0.918. The second-order valence-electron chi connectivity index (χ2n) is 6.06. The number of nitrogens with zero attached hydrogens (tertiary/aromatic N) is 1. The van der Waals surface area contributed by atoms with Crippen molar-refractivity contribution in [2.45, 2.75) is 38.3 Å². The number of benzene rings is 1. The number of likely N-dealkylation sites (tertiary alicyclic amines) is 1. The molecule has 1 aromatic carbocycles. The van der Waals surface area contributed by atoms with E-state index >= 15 is 0 Å². The van der Waals surface area contributed by atoms with E-state index in [0.717, 1.165) is 17.5 Å². The smallest absolute Gasteiger partial charge is 0.135 e. The van der Waals surface area contributed by atoms with E-state index in [1.54, 1.807) is 0 Å². The number of aliphatic hydroxyl groups excluding tert-OH is 1. The molecule has 1 fully saturated rings. The van der Waals surface area contributed by atoms with Crippen LogP contribution in [0.1, 0.15) is 38.6 Å². The SMILES string of the molecule is CC1(C)CCCN1CC(O)c1cc2ccccc2o1. The average molecular weight is 259 g/mol. The molecule has 3 nitrogen and oxygen atoms in total. The third-order valence-electron chi connectivity index (χ3n) is 4.24. The molecule has 1 N–H and O–H groups in total. The molecule has 19 heavy (non-hydrogen) atoms. The normalized spacial score (nSPS) is 21.0. The number of aliphatic hydroxyl groups is 1. The molecule has 0 aliphatic carbocycles. The van der Waals surface area contributed by atoms with Crippen LogP contribution in [0, 0.1) is 0 Å². The zero-order valence-electron chi connectivity index (χ0n) is 11.6. The van der Waals surface area contributed by atoms with Crippen molar-refractivity contribution < 1.29 is 9.52 Å². The number of fused-ring (bicyclic) bond motifs is 1. The van der Waals surface area contributed by atoms with Crippen LogP contribution in [0.5, 0.6) is 0 Å². The Hall–Kier alpha value is -1.32. The molecule has 0 bridgehead atoms. The third-order valence-corrected chi connectivity index (χ3v) is 4.24. The number of β-amino-alcohol motifs (C(OH)–C–C–N with tert-alkyl or cyclic N) is 1. The van der Waals surface area contributed by atoms with Gasteiger partial charge < -0.3 is 9.52 Å². The van der Waals surface area contributed by atoms with Gasteiger partial charge in [-0.25, -0.2) is 0 Å². The maximum atomic E-state index is 10.4. The molecule has 1 aromatic heterocycles. The van der Waals surface area contributed by atoms with E-state index in [1.165, 1.54) is 12.8 Å². The Balaban J connectivity index is 1.78. The summed E-state index contributed by atoms with van der Waals surface area (Å²) in [5.74, 6) is 0.670. The van der Waals surface area contributed by atoms with Crippen molar-refractivity contribution in [2.24, 2.45) is 0 Å². The molecule has 0 amide bonds. The van der Waals surface area contributed by atoms with Gasteiger partial charge in [-0.2, -0.15) is 0 Å². The van der Waals surface area contributed by atoms with E-state index in [1.807, 2.05) is 30.3 Å². The Morgan fingerprint density at radius 1 is 1.37 bits per heavy atom. The van der Waals surface area contributed by atoms with Gasteiger partial charge in [0.25, 0.3) is 0 Å². The second-order valence-corrected chi connectivity index (χ2v) is 6.06. The predicted octanol–water partition coefficient (Wildman–Crippen LogP) is 3.34. The van der Waals surface area contributed by atoms with E-state index in [4.69, 9.17) is 4.42 Å². The Morgan fingerprint density at radius 3 is 2.84 bits per heavy atom. The zero-order chi connectivity index (χ0) is 13.5. The molecule has 1 aliphatic heterocycles. The topological polar surface area (TPSA) is 36.6 Å². The molecule has 0 spiro atoms. The van der Waals surface area contributed by atoms with Crippen LogP contribution in [-0.2, 0) is 0 Å². The Morgan fingerprint density at radius 2 is 2.16 bits per heavy atom. The van der Waals surface area contributed by atoms with Crippen molar-refractivity contribution in [1.29, 1.82) is 0 Å². The van der Waals surface area contributed by atoms with Gasteiger partial charge in [-0.05, 0) is 45.4 Å². The van der Waals surface area contributed by atoms with Crippen LogP contribution in [0.2, 0.25) is 0 Å². The average Bonchev–Trinajstić information content (AvgIpc) is 2.93. The Kier molecular flexibility index (Phi) is 3.11. The summed E-state index contributed by atoms with van der Waals surface area (Å²) in [4.78, 5) is 2.35. The van der Waals surface area contributed by atoms with Crippen LogP contribution in [-0.4, -0.2) is 28.6 Å². The van der Waals surface area contributed by atoms with Crippen LogP contribution in [0.15, 0.2) is 34.7 Å². The molecule has 102 valence electrons. The molecule has 2 aromatic rings. The van der Waals surface area contributed by atoms with Crippen LogP contribution in [0.4, 0.5) is 0 Å². The third kappa shape index (κ3) is 2.40. The molecule has 3 heteroatoms. The first-order chi connectivity index (χ1) is 9.06. The fourth-order valence-corrected chi connectivity index (χ4v) is 2.97. The molecule has 2 heterocycles. The lowest BCUT2D eigenvalue weighted by Crippen LogP contribution is -2.40. The minimum atomic E-state index is -0.551. The molecular formula is C16H21NO2. The van der Waals surface area contributed by atoms with Crippen molar-refractivity contribution in [3.8, 4) is 0 Å². The lowest BCUT2D eigenvalue weighted by atomic mass is 10.0. The molecule has 0 saturated carbocycles. The number of furan rings is 1. The molecule has 1 saturated heterocycles. The van der Waals surface area contributed by atoms with Crippen LogP contribution in [0.3, 0.4) is 0 Å². The van der Waals surface area contributed by atoms with Gasteiger partial charge in [-0.15, -0.1) is 0 Å². The monoisotopic (exact) mass is 259 g/mol. The molecule has 3 rings (SSSR count). The highest BCUT2D eigenvalue weighted by atomic mass is 16.4. The number of hydrogen-bond acceptors (Lipinski definition) is 3. The van der Waals surface area contributed by atoms with Gasteiger partial charge in [-0.1, -0.05) is 18.2 Å². The van der Waals surface area contributed by atoms with E-state index in [9.17, 15) is 5.11 Å². The minimum Gasteiger partial charge on any atom is -0.458 e. The molecular weight excluding hydrogens is 238 g/mol. The van der Waals surface area contributed by atoms with E-state index < -0.39 is 6.10 Å². The van der Waals surface area contributed by atoms with Crippen molar-refractivity contribution in [2.75, 3.05) is 13.1 Å². The summed E-state index contributed by atoms with van der Waals surface area (Å²) in [5, 5.41) is 11.4. The number of para-hydroxylation sites is 1. The molecule has 0 radical (unpaired) electrons. The summed E-state index contributed by atoms with van der Waals surface area (Å²) in [6.07, 6.45) is 1.85. The minimum absolute atomic E-state index is 0.187. The van der Waals surface area contributed by atoms with Crippen LogP contribution in [0.25, 0.3) is 11.0 Å². The van der Waals surface area contributed by atoms with Crippen molar-refractivity contribution in [1.82, 2.24) is 4.90 Å². The highest BCUT2D eigenvalue weighted by molar-refractivity contribution is 5.77. The summed E-state index contributed by atoms with van der Waals surface area (Å²) in [7, 11) is 0. The molecule has 1 atom stereocenters.